The summed E-state index contributed by atoms with van der Waals surface area (Å²) >= 11 is 3.44. The van der Waals surface area contributed by atoms with Crippen LogP contribution in [0.25, 0.3) is 0 Å². The lowest BCUT2D eigenvalue weighted by atomic mass is 9.98. The highest BCUT2D eigenvalue weighted by molar-refractivity contribution is 9.10. The van der Waals surface area contributed by atoms with Gasteiger partial charge in [-0.1, -0.05) is 0 Å². The monoisotopic (exact) mass is 354 g/mol. The Morgan fingerprint density at radius 1 is 1.52 bits per heavy atom. The molecule has 1 aliphatic heterocycles. The standard InChI is InChI=1S/C16H23BrN2O2/c1-3-19(11-12-5-4-8-18-10-12)16(20)13-6-7-15(21-2)14(17)9-13/h6-7,9,12,18H,3-5,8,10-11H2,1-2H3. The Hall–Kier alpha value is -1.07. The molecule has 1 aliphatic rings. The molecule has 4 nitrogen and oxygen atoms in total. The van der Waals surface area contributed by atoms with Crippen LogP contribution in [-0.4, -0.2) is 44.1 Å². The summed E-state index contributed by atoms with van der Waals surface area (Å²) in [6, 6.07) is 5.49. The predicted molar refractivity (Wildman–Crippen MR) is 87.9 cm³/mol. The maximum Gasteiger partial charge on any atom is 0.253 e. The number of halogens is 1. The Labute approximate surface area is 135 Å². The van der Waals surface area contributed by atoms with Crippen LogP contribution < -0.4 is 10.1 Å². The van der Waals surface area contributed by atoms with Crippen LogP contribution >= 0.6 is 15.9 Å². The molecule has 0 radical (unpaired) electrons. The third-order valence-electron chi connectivity index (χ3n) is 3.95. The Morgan fingerprint density at radius 3 is 2.90 bits per heavy atom. The van der Waals surface area contributed by atoms with E-state index < -0.39 is 0 Å². The molecule has 1 atom stereocenters. The topological polar surface area (TPSA) is 41.6 Å². The minimum Gasteiger partial charge on any atom is -0.496 e. The lowest BCUT2D eigenvalue weighted by Gasteiger charge is -2.29. The van der Waals surface area contributed by atoms with E-state index in [0.29, 0.717) is 11.5 Å². The number of benzene rings is 1. The van der Waals surface area contributed by atoms with Gasteiger partial charge in [-0.25, -0.2) is 0 Å². The Morgan fingerprint density at radius 2 is 2.33 bits per heavy atom. The van der Waals surface area contributed by atoms with E-state index in [0.717, 1.165) is 36.4 Å². The summed E-state index contributed by atoms with van der Waals surface area (Å²) in [5.41, 5.74) is 0.702. The van der Waals surface area contributed by atoms with Crippen LogP contribution in [0.2, 0.25) is 0 Å². The molecule has 1 N–H and O–H groups in total. The fourth-order valence-electron chi connectivity index (χ4n) is 2.73. The normalized spacial score (nSPS) is 18.3. The van der Waals surface area contributed by atoms with Crippen LogP contribution in [-0.2, 0) is 0 Å². The van der Waals surface area contributed by atoms with Gasteiger partial charge in [0.05, 0.1) is 11.6 Å². The van der Waals surface area contributed by atoms with E-state index in [2.05, 4.69) is 21.2 Å². The Balaban J connectivity index is 2.06. The first-order chi connectivity index (χ1) is 10.2. The fraction of sp³-hybridized carbons (Fsp3) is 0.562. The number of piperidine rings is 1. The van der Waals surface area contributed by atoms with E-state index in [9.17, 15) is 4.79 Å². The van der Waals surface area contributed by atoms with Gasteiger partial charge in [-0.2, -0.15) is 0 Å². The molecule has 0 aromatic heterocycles. The number of carbonyl (C=O) groups excluding carboxylic acids is 1. The van der Waals surface area contributed by atoms with Gasteiger partial charge in [0, 0.05) is 18.7 Å². The van der Waals surface area contributed by atoms with E-state index in [1.54, 1.807) is 7.11 Å². The number of ether oxygens (including phenoxy) is 1. The van der Waals surface area contributed by atoms with Crippen LogP contribution in [0.4, 0.5) is 0 Å². The highest BCUT2D eigenvalue weighted by Crippen LogP contribution is 2.26. The van der Waals surface area contributed by atoms with E-state index >= 15 is 0 Å². The smallest absolute Gasteiger partial charge is 0.253 e. The average molecular weight is 355 g/mol. The number of methoxy groups -OCH3 is 1. The fourth-order valence-corrected chi connectivity index (χ4v) is 3.27. The van der Waals surface area contributed by atoms with Crippen LogP contribution in [0.5, 0.6) is 5.75 Å². The minimum absolute atomic E-state index is 0.0893. The largest absolute Gasteiger partial charge is 0.496 e. The van der Waals surface area contributed by atoms with Crippen molar-refractivity contribution in [3.05, 3.63) is 28.2 Å². The van der Waals surface area contributed by atoms with Crippen LogP contribution in [0.1, 0.15) is 30.1 Å². The molecule has 1 aromatic rings. The molecule has 5 heteroatoms. The molecular weight excluding hydrogens is 332 g/mol. The van der Waals surface area contributed by atoms with Crippen LogP contribution in [0, 0.1) is 5.92 Å². The summed E-state index contributed by atoms with van der Waals surface area (Å²) in [4.78, 5) is 14.6. The van der Waals surface area contributed by atoms with E-state index in [1.165, 1.54) is 12.8 Å². The van der Waals surface area contributed by atoms with E-state index in [4.69, 9.17) is 4.74 Å². The van der Waals surface area contributed by atoms with Crippen molar-refractivity contribution in [3.63, 3.8) is 0 Å². The molecule has 1 unspecified atom stereocenters. The molecule has 0 spiro atoms. The van der Waals surface area contributed by atoms with Gasteiger partial charge in [0.25, 0.3) is 5.91 Å². The molecule has 1 aromatic carbocycles. The molecule has 116 valence electrons. The lowest BCUT2D eigenvalue weighted by Crippen LogP contribution is -2.41. The minimum atomic E-state index is 0.0893. The van der Waals surface area contributed by atoms with Gasteiger partial charge >= 0.3 is 0 Å². The van der Waals surface area contributed by atoms with E-state index in [-0.39, 0.29) is 5.91 Å². The maximum absolute atomic E-state index is 12.6. The third-order valence-corrected chi connectivity index (χ3v) is 4.56. The van der Waals surface area contributed by atoms with Gasteiger partial charge in [0.15, 0.2) is 0 Å². The second-order valence-electron chi connectivity index (χ2n) is 5.41. The molecule has 1 heterocycles. The van der Waals surface area contributed by atoms with Crippen molar-refractivity contribution in [2.75, 3.05) is 33.3 Å². The molecule has 1 fully saturated rings. The Kier molecular flexibility index (Phi) is 6.06. The predicted octanol–water partition coefficient (Wildman–Crippen LogP) is 2.92. The molecule has 21 heavy (non-hydrogen) atoms. The van der Waals surface area contributed by atoms with Crippen molar-refractivity contribution in [3.8, 4) is 5.75 Å². The van der Waals surface area contributed by atoms with Crippen molar-refractivity contribution in [2.24, 2.45) is 5.92 Å². The van der Waals surface area contributed by atoms with Gasteiger partial charge < -0.3 is 15.0 Å². The van der Waals surface area contributed by atoms with Gasteiger partial charge in [-0.3, -0.25) is 4.79 Å². The second kappa shape index (κ2) is 7.80. The summed E-state index contributed by atoms with van der Waals surface area (Å²) in [5.74, 6) is 1.39. The summed E-state index contributed by atoms with van der Waals surface area (Å²) in [6.45, 7) is 5.70. The first-order valence-electron chi connectivity index (χ1n) is 7.49. The summed E-state index contributed by atoms with van der Waals surface area (Å²) in [5, 5.41) is 3.41. The molecule has 2 rings (SSSR count). The zero-order valence-electron chi connectivity index (χ0n) is 12.7. The number of amides is 1. The summed E-state index contributed by atoms with van der Waals surface area (Å²) in [6.07, 6.45) is 2.40. The number of carbonyl (C=O) groups is 1. The maximum atomic E-state index is 12.6. The van der Waals surface area contributed by atoms with Gasteiger partial charge in [0.1, 0.15) is 5.75 Å². The molecule has 1 amide bonds. The zero-order chi connectivity index (χ0) is 15.2. The average Bonchev–Trinajstić information content (AvgIpc) is 2.53. The quantitative estimate of drug-likeness (QED) is 0.883. The number of hydrogen-bond donors (Lipinski definition) is 1. The van der Waals surface area contributed by atoms with Gasteiger partial charge in [0.2, 0.25) is 0 Å². The highest BCUT2D eigenvalue weighted by Gasteiger charge is 2.21. The van der Waals surface area contributed by atoms with Crippen molar-refractivity contribution >= 4 is 21.8 Å². The van der Waals surface area contributed by atoms with Crippen molar-refractivity contribution in [2.45, 2.75) is 19.8 Å². The number of hydrogen-bond acceptors (Lipinski definition) is 3. The summed E-state index contributed by atoms with van der Waals surface area (Å²) < 4.78 is 6.02. The number of nitrogens with zero attached hydrogens (tertiary/aromatic N) is 1. The zero-order valence-corrected chi connectivity index (χ0v) is 14.3. The van der Waals surface area contributed by atoms with Crippen molar-refractivity contribution in [1.29, 1.82) is 0 Å². The van der Waals surface area contributed by atoms with Gasteiger partial charge in [-0.05, 0) is 72.9 Å². The molecule has 0 saturated carbocycles. The first-order valence-corrected chi connectivity index (χ1v) is 8.28. The van der Waals surface area contributed by atoms with Crippen LogP contribution in [0.3, 0.4) is 0 Å². The third kappa shape index (κ3) is 4.20. The first kappa shape index (κ1) is 16.3. The second-order valence-corrected chi connectivity index (χ2v) is 6.26. The lowest BCUT2D eigenvalue weighted by molar-refractivity contribution is 0.0729. The van der Waals surface area contributed by atoms with Crippen LogP contribution in [0.15, 0.2) is 22.7 Å². The molecule has 1 saturated heterocycles. The van der Waals surface area contributed by atoms with Crippen molar-refractivity contribution < 1.29 is 9.53 Å². The molecular formula is C16H23BrN2O2. The number of rotatable bonds is 5. The highest BCUT2D eigenvalue weighted by atomic mass is 79.9. The van der Waals surface area contributed by atoms with Gasteiger partial charge in [-0.15, -0.1) is 0 Å². The SMILES string of the molecule is CCN(CC1CCCNC1)C(=O)c1ccc(OC)c(Br)c1. The summed E-state index contributed by atoms with van der Waals surface area (Å²) in [7, 11) is 1.62. The van der Waals surface area contributed by atoms with Crippen molar-refractivity contribution in [1.82, 2.24) is 10.2 Å². The number of nitrogens with one attached hydrogen (secondary N) is 1. The molecule has 0 bridgehead atoms. The van der Waals surface area contributed by atoms with E-state index in [1.807, 2.05) is 30.0 Å². The molecule has 0 aliphatic carbocycles. The Bertz CT molecular complexity index is 487.